The first kappa shape index (κ1) is 28.1. The number of imidazole rings is 1. The van der Waals surface area contributed by atoms with Crippen LogP contribution in [0.2, 0.25) is 0 Å². The third-order valence-electron chi connectivity index (χ3n) is 8.18. The molecule has 3 amide bonds. The molecule has 15 heteroatoms. The fraction of sp³-hybridized carbons (Fsp3) is 0.630. The molecule has 15 nitrogen and oxygen atoms in total. The van der Waals surface area contributed by atoms with Gasteiger partial charge in [-0.1, -0.05) is 5.92 Å². The highest BCUT2D eigenvalue weighted by atomic mass is 16.6. The third-order valence-corrected chi connectivity index (χ3v) is 8.18. The zero-order valence-electron chi connectivity index (χ0n) is 22.9. The van der Waals surface area contributed by atoms with E-state index < -0.39 is 36.5 Å². The average Bonchev–Trinajstić information content (AvgIpc) is 3.40. The quantitative estimate of drug-likeness (QED) is 0.262. The summed E-state index contributed by atoms with van der Waals surface area (Å²) in [5.41, 5.74) is 6.66. The Kier molecular flexibility index (Phi) is 7.84. The van der Waals surface area contributed by atoms with Crippen molar-refractivity contribution in [1.29, 1.82) is 0 Å². The SMILES string of the molecule is Nc1nc(C#CCC2CCN(C(=O)OCC3CCNC3=O)CC2)nc2c1ncn2[C@@H]1O[C@H](C(=O)NC2CC2)C(O)[C@@H]1O. The third kappa shape index (κ3) is 5.83. The van der Waals surface area contributed by atoms with Gasteiger partial charge >= 0.3 is 6.09 Å². The predicted molar refractivity (Wildman–Crippen MR) is 145 cm³/mol. The molecule has 0 radical (unpaired) electrons. The zero-order valence-corrected chi connectivity index (χ0v) is 22.9. The van der Waals surface area contributed by atoms with Crippen molar-refractivity contribution in [2.45, 2.75) is 69.1 Å². The fourth-order valence-electron chi connectivity index (χ4n) is 5.46. The van der Waals surface area contributed by atoms with Crippen molar-refractivity contribution >= 4 is 34.9 Å². The molecule has 3 saturated heterocycles. The summed E-state index contributed by atoms with van der Waals surface area (Å²) in [5.74, 6) is 5.77. The second-order valence-corrected chi connectivity index (χ2v) is 11.3. The molecule has 6 N–H and O–H groups in total. The van der Waals surface area contributed by atoms with Crippen LogP contribution in [0, 0.1) is 23.7 Å². The Morgan fingerprint density at radius 1 is 1.17 bits per heavy atom. The normalized spacial score (nSPS) is 27.9. The molecule has 2 aromatic rings. The number of hydrogen-bond acceptors (Lipinski definition) is 11. The van der Waals surface area contributed by atoms with E-state index in [1.54, 1.807) is 4.90 Å². The van der Waals surface area contributed by atoms with Crippen molar-refractivity contribution in [3.8, 4) is 11.8 Å². The maximum absolute atomic E-state index is 12.5. The Bertz CT molecular complexity index is 1420. The molecule has 3 aliphatic heterocycles. The number of hydrogen-bond donors (Lipinski definition) is 5. The highest BCUT2D eigenvalue weighted by Crippen LogP contribution is 2.33. The molecular formula is C27H34N8O7. The standard InChI is InChI=1S/C27H34N8O7/c28-22-18-23(35(13-30-18)26-20(37)19(36)21(42-26)25(39)31-16-4-5-16)33-17(32-22)3-1-2-14-7-10-34(11-8-14)27(40)41-12-15-6-9-29-24(15)38/h13-16,19-21,26,36-37H,2,4-12H2,(H,29,38)(H,31,39)(H2,28,32,33)/t15?,19?,20-,21-,26+/m0/s1. The molecule has 4 fully saturated rings. The van der Waals surface area contributed by atoms with E-state index in [-0.39, 0.29) is 53.2 Å². The maximum atomic E-state index is 12.5. The van der Waals surface area contributed by atoms with Crippen molar-refractivity contribution in [1.82, 2.24) is 35.1 Å². The summed E-state index contributed by atoms with van der Waals surface area (Å²) in [4.78, 5) is 51.1. The number of nitrogens with zero attached hydrogens (tertiary/aromatic N) is 5. The van der Waals surface area contributed by atoms with Crippen LogP contribution >= 0.6 is 0 Å². The number of aliphatic hydroxyl groups is 2. The van der Waals surface area contributed by atoms with Gasteiger partial charge in [0, 0.05) is 32.1 Å². The minimum Gasteiger partial charge on any atom is -0.449 e. The summed E-state index contributed by atoms with van der Waals surface area (Å²) in [6.45, 7) is 1.81. The number of aliphatic hydroxyl groups excluding tert-OH is 2. The Hall–Kier alpha value is -4.00. The number of amides is 3. The van der Waals surface area contributed by atoms with Gasteiger partial charge in [-0.15, -0.1) is 0 Å². The molecule has 1 aliphatic carbocycles. The average molecular weight is 583 g/mol. The van der Waals surface area contributed by atoms with E-state index in [1.165, 1.54) is 10.9 Å². The molecule has 2 unspecified atom stereocenters. The molecule has 5 heterocycles. The summed E-state index contributed by atoms with van der Waals surface area (Å²) in [7, 11) is 0. The first-order valence-corrected chi connectivity index (χ1v) is 14.3. The van der Waals surface area contributed by atoms with Crippen LogP contribution in [0.5, 0.6) is 0 Å². The van der Waals surface area contributed by atoms with Gasteiger partial charge < -0.3 is 41.0 Å². The number of nitrogen functional groups attached to an aromatic ring is 1. The first-order chi connectivity index (χ1) is 20.3. The van der Waals surface area contributed by atoms with Crippen LogP contribution in [0.3, 0.4) is 0 Å². The molecule has 42 heavy (non-hydrogen) atoms. The number of aromatic nitrogens is 4. The second kappa shape index (κ2) is 11.7. The molecule has 2 aromatic heterocycles. The van der Waals surface area contributed by atoms with Crippen molar-refractivity contribution in [2.75, 3.05) is 32.0 Å². The van der Waals surface area contributed by atoms with Gasteiger partial charge in [0.2, 0.25) is 11.7 Å². The Morgan fingerprint density at radius 3 is 2.67 bits per heavy atom. The molecule has 1 saturated carbocycles. The van der Waals surface area contributed by atoms with Gasteiger partial charge in [0.05, 0.1) is 12.2 Å². The predicted octanol–water partition coefficient (Wildman–Crippen LogP) is -0.967. The lowest BCUT2D eigenvalue weighted by Gasteiger charge is -2.30. The van der Waals surface area contributed by atoms with Crippen molar-refractivity contribution in [2.24, 2.45) is 11.8 Å². The number of ether oxygens (including phenoxy) is 2. The second-order valence-electron chi connectivity index (χ2n) is 11.3. The maximum Gasteiger partial charge on any atom is 0.409 e. The van der Waals surface area contributed by atoms with Gasteiger partial charge in [-0.2, -0.15) is 0 Å². The number of carbonyl (C=O) groups excluding carboxylic acids is 3. The molecule has 4 aliphatic rings. The molecular weight excluding hydrogens is 548 g/mol. The van der Waals surface area contributed by atoms with Crippen LogP contribution in [0.15, 0.2) is 6.33 Å². The summed E-state index contributed by atoms with van der Waals surface area (Å²) in [5, 5.41) is 26.7. The number of nitrogens with two attached hydrogens (primary N) is 1. The van der Waals surface area contributed by atoms with E-state index in [2.05, 4.69) is 37.4 Å². The Balaban J connectivity index is 1.06. The van der Waals surface area contributed by atoms with Crippen LogP contribution in [0.4, 0.5) is 10.6 Å². The summed E-state index contributed by atoms with van der Waals surface area (Å²) >= 11 is 0. The van der Waals surface area contributed by atoms with Gasteiger partial charge in [-0.25, -0.2) is 19.7 Å². The first-order valence-electron chi connectivity index (χ1n) is 14.3. The van der Waals surface area contributed by atoms with Gasteiger partial charge in [0.15, 0.2) is 23.8 Å². The van der Waals surface area contributed by atoms with E-state index in [0.717, 1.165) is 25.7 Å². The Morgan fingerprint density at radius 2 is 1.95 bits per heavy atom. The van der Waals surface area contributed by atoms with Crippen molar-refractivity contribution in [3.63, 3.8) is 0 Å². The topological polar surface area (TPSA) is 207 Å². The molecule has 5 atom stereocenters. The van der Waals surface area contributed by atoms with E-state index in [0.29, 0.717) is 32.5 Å². The van der Waals surface area contributed by atoms with Crippen LogP contribution in [0.25, 0.3) is 11.2 Å². The van der Waals surface area contributed by atoms with Crippen molar-refractivity contribution < 1.29 is 34.1 Å². The monoisotopic (exact) mass is 582 g/mol. The fourth-order valence-corrected chi connectivity index (χ4v) is 5.46. The van der Waals surface area contributed by atoms with E-state index >= 15 is 0 Å². The van der Waals surface area contributed by atoms with Crippen molar-refractivity contribution in [3.05, 3.63) is 12.2 Å². The van der Waals surface area contributed by atoms with Crippen LogP contribution in [-0.4, -0.2) is 103 Å². The van der Waals surface area contributed by atoms with E-state index in [9.17, 15) is 24.6 Å². The summed E-state index contributed by atoms with van der Waals surface area (Å²) in [6.07, 6.45) is 0.339. The minimum atomic E-state index is -1.42. The van der Waals surface area contributed by atoms with Gasteiger partial charge in [0.1, 0.15) is 24.3 Å². The number of fused-ring (bicyclic) bond motifs is 1. The molecule has 0 aromatic carbocycles. The van der Waals surface area contributed by atoms with E-state index in [1.807, 2.05) is 0 Å². The van der Waals surface area contributed by atoms with Gasteiger partial charge in [-0.05, 0) is 43.9 Å². The molecule has 0 bridgehead atoms. The van der Waals surface area contributed by atoms with Gasteiger partial charge in [-0.3, -0.25) is 14.2 Å². The Labute approximate surface area is 241 Å². The van der Waals surface area contributed by atoms with Crippen LogP contribution < -0.4 is 16.4 Å². The van der Waals surface area contributed by atoms with Gasteiger partial charge in [0.25, 0.3) is 5.91 Å². The summed E-state index contributed by atoms with van der Waals surface area (Å²) < 4.78 is 12.5. The minimum absolute atomic E-state index is 0.0699. The largest absolute Gasteiger partial charge is 0.449 e. The van der Waals surface area contributed by atoms with Crippen LogP contribution in [-0.2, 0) is 19.1 Å². The smallest absolute Gasteiger partial charge is 0.409 e. The number of anilines is 1. The number of piperidine rings is 1. The number of carbonyl (C=O) groups is 3. The van der Waals surface area contributed by atoms with Crippen LogP contribution in [0.1, 0.15) is 50.6 Å². The number of nitrogens with one attached hydrogen (secondary N) is 2. The molecule has 224 valence electrons. The lowest BCUT2D eigenvalue weighted by Crippen LogP contribution is -2.43. The number of likely N-dealkylation sites (tertiary alicyclic amines) is 1. The van der Waals surface area contributed by atoms with E-state index in [4.69, 9.17) is 15.2 Å². The zero-order chi connectivity index (χ0) is 29.4. The lowest BCUT2D eigenvalue weighted by atomic mass is 9.94. The molecule has 0 spiro atoms. The number of rotatable bonds is 6. The summed E-state index contributed by atoms with van der Waals surface area (Å²) in [6, 6.07) is 0.0774. The molecule has 6 rings (SSSR count). The highest BCUT2D eigenvalue weighted by molar-refractivity contribution is 5.83. The highest BCUT2D eigenvalue weighted by Gasteiger charge is 2.48. The lowest BCUT2D eigenvalue weighted by molar-refractivity contribution is -0.137.